The molecule has 1 aliphatic heterocycles. The third kappa shape index (κ3) is 2.14. The second-order valence-corrected chi connectivity index (χ2v) is 6.31. The van der Waals surface area contributed by atoms with Gasteiger partial charge in [-0.15, -0.1) is 0 Å². The lowest BCUT2D eigenvalue weighted by Gasteiger charge is -2.23. The third-order valence-corrected chi connectivity index (χ3v) is 4.91. The summed E-state index contributed by atoms with van der Waals surface area (Å²) in [7, 11) is 0. The number of imidazole rings is 1. The molecule has 0 saturated carbocycles. The van der Waals surface area contributed by atoms with Gasteiger partial charge in [-0.25, -0.2) is 0 Å². The predicted molar refractivity (Wildman–Crippen MR) is 77.7 cm³/mol. The number of nitrogens with one attached hydrogen (secondary N) is 1. The molecule has 1 atom stereocenters. The molecule has 1 saturated heterocycles. The lowest BCUT2D eigenvalue weighted by Crippen LogP contribution is -2.16. The molecule has 0 amide bonds. The number of rotatable bonds is 1. The zero-order valence-corrected chi connectivity index (χ0v) is 11.7. The van der Waals surface area contributed by atoms with Gasteiger partial charge in [-0.2, -0.15) is 11.8 Å². The van der Waals surface area contributed by atoms with E-state index >= 15 is 0 Å². The van der Waals surface area contributed by atoms with Gasteiger partial charge in [-0.05, 0) is 49.0 Å². The number of hydrogen-bond donors (Lipinski definition) is 1. The Kier molecular flexibility index (Phi) is 3.19. The van der Waals surface area contributed by atoms with Gasteiger partial charge in [0.1, 0.15) is 0 Å². The second-order valence-electron chi connectivity index (χ2n) is 4.33. The van der Waals surface area contributed by atoms with Crippen LogP contribution in [0.4, 0.5) is 0 Å². The predicted octanol–water partition coefficient (Wildman–Crippen LogP) is 4.42. The highest BCUT2D eigenvalue weighted by Crippen LogP contribution is 2.31. The van der Waals surface area contributed by atoms with Crippen LogP contribution in [0, 0.1) is 4.77 Å². The van der Waals surface area contributed by atoms with Crippen molar-refractivity contribution >= 4 is 46.6 Å². The van der Waals surface area contributed by atoms with Crippen LogP contribution >= 0.6 is 35.6 Å². The minimum Gasteiger partial charge on any atom is -0.331 e. The number of hydrogen-bond acceptors (Lipinski definition) is 2. The first-order valence-corrected chi connectivity index (χ1v) is 7.67. The van der Waals surface area contributed by atoms with Gasteiger partial charge in [0, 0.05) is 16.8 Å². The Hall–Kier alpha value is -0.450. The number of aromatic nitrogens is 2. The fourth-order valence-corrected chi connectivity index (χ4v) is 4.03. The van der Waals surface area contributed by atoms with E-state index in [1.165, 1.54) is 18.6 Å². The van der Waals surface area contributed by atoms with Crippen LogP contribution in [0.25, 0.3) is 11.0 Å². The lowest BCUT2D eigenvalue weighted by molar-refractivity contribution is 0.506. The fraction of sp³-hybridized carbons (Fsp3) is 0.417. The minimum atomic E-state index is 0.508. The molecule has 17 heavy (non-hydrogen) atoms. The molecule has 2 heterocycles. The summed E-state index contributed by atoms with van der Waals surface area (Å²) in [5, 5.41) is 0.767. The highest BCUT2D eigenvalue weighted by atomic mass is 35.5. The quantitative estimate of drug-likeness (QED) is 0.783. The van der Waals surface area contributed by atoms with Gasteiger partial charge in [0.05, 0.1) is 11.0 Å². The topological polar surface area (TPSA) is 20.7 Å². The summed E-state index contributed by atoms with van der Waals surface area (Å²) in [5.41, 5.74) is 2.21. The molecule has 1 fully saturated rings. The van der Waals surface area contributed by atoms with Crippen LogP contribution < -0.4 is 0 Å². The van der Waals surface area contributed by atoms with Gasteiger partial charge >= 0.3 is 0 Å². The van der Waals surface area contributed by atoms with Gasteiger partial charge in [0.25, 0.3) is 0 Å². The van der Waals surface area contributed by atoms with Crippen LogP contribution in [0.3, 0.4) is 0 Å². The molecule has 2 aromatic rings. The molecular weight excluding hydrogens is 272 g/mol. The van der Waals surface area contributed by atoms with E-state index in [9.17, 15) is 0 Å². The zero-order chi connectivity index (χ0) is 11.8. The maximum Gasteiger partial charge on any atom is 0.178 e. The standard InChI is InChI=1S/C12H13ClN2S2/c13-8-3-4-10-11(6-8)15(12(16)14-10)9-2-1-5-17-7-9/h3-4,6,9H,1-2,5,7H2,(H,14,16). The number of aromatic amines is 1. The molecular formula is C12H13ClN2S2. The minimum absolute atomic E-state index is 0.508. The first-order chi connectivity index (χ1) is 8.25. The molecule has 90 valence electrons. The van der Waals surface area contributed by atoms with E-state index in [1.807, 2.05) is 30.0 Å². The Labute approximate surface area is 114 Å². The Balaban J connectivity index is 2.16. The van der Waals surface area contributed by atoms with E-state index in [-0.39, 0.29) is 0 Å². The summed E-state index contributed by atoms with van der Waals surface area (Å²) in [6, 6.07) is 6.41. The Bertz CT molecular complexity index is 596. The molecule has 0 bridgehead atoms. The van der Waals surface area contributed by atoms with Gasteiger partial charge in [0.15, 0.2) is 4.77 Å². The first kappa shape index (κ1) is 11.6. The fourth-order valence-electron chi connectivity index (χ4n) is 2.38. The van der Waals surface area contributed by atoms with E-state index in [1.54, 1.807) is 0 Å². The molecule has 1 unspecified atom stereocenters. The van der Waals surface area contributed by atoms with Gasteiger partial charge in [0.2, 0.25) is 0 Å². The molecule has 1 N–H and O–H groups in total. The van der Waals surface area contributed by atoms with Crippen molar-refractivity contribution in [2.24, 2.45) is 0 Å². The normalized spacial score (nSPS) is 20.9. The van der Waals surface area contributed by atoms with E-state index in [2.05, 4.69) is 9.55 Å². The molecule has 0 radical (unpaired) electrons. The molecule has 5 heteroatoms. The summed E-state index contributed by atoms with van der Waals surface area (Å²) in [6.07, 6.45) is 2.48. The van der Waals surface area contributed by atoms with Crippen LogP contribution in [0.5, 0.6) is 0 Å². The molecule has 1 aromatic carbocycles. The largest absolute Gasteiger partial charge is 0.331 e. The highest BCUT2D eigenvalue weighted by Gasteiger charge is 2.18. The number of halogens is 1. The first-order valence-electron chi connectivity index (χ1n) is 5.73. The maximum absolute atomic E-state index is 6.07. The summed E-state index contributed by atoms with van der Waals surface area (Å²) in [5.74, 6) is 2.42. The van der Waals surface area contributed by atoms with Crippen molar-refractivity contribution in [1.82, 2.24) is 9.55 Å². The van der Waals surface area contributed by atoms with E-state index in [0.29, 0.717) is 6.04 Å². The average molecular weight is 285 g/mol. The number of nitrogens with zero attached hydrogens (tertiary/aromatic N) is 1. The summed E-state index contributed by atoms with van der Waals surface area (Å²) in [6.45, 7) is 0. The van der Waals surface area contributed by atoms with Crippen LogP contribution in [-0.2, 0) is 0 Å². The maximum atomic E-state index is 6.07. The molecule has 2 nitrogen and oxygen atoms in total. The molecule has 3 rings (SSSR count). The van der Waals surface area contributed by atoms with Gasteiger partial charge in [-0.1, -0.05) is 11.6 Å². The summed E-state index contributed by atoms with van der Waals surface area (Å²) in [4.78, 5) is 3.26. The van der Waals surface area contributed by atoms with Gasteiger partial charge < -0.3 is 9.55 Å². The van der Waals surface area contributed by atoms with E-state index in [4.69, 9.17) is 23.8 Å². The van der Waals surface area contributed by atoms with Crippen molar-refractivity contribution in [2.75, 3.05) is 11.5 Å². The molecule has 0 spiro atoms. The van der Waals surface area contributed by atoms with Crippen LogP contribution in [0.2, 0.25) is 5.02 Å². The van der Waals surface area contributed by atoms with Crippen molar-refractivity contribution in [1.29, 1.82) is 0 Å². The van der Waals surface area contributed by atoms with Crippen molar-refractivity contribution in [3.05, 3.63) is 28.0 Å². The van der Waals surface area contributed by atoms with Crippen LogP contribution in [0.1, 0.15) is 18.9 Å². The van der Waals surface area contributed by atoms with Crippen molar-refractivity contribution in [2.45, 2.75) is 18.9 Å². The van der Waals surface area contributed by atoms with E-state index < -0.39 is 0 Å². The van der Waals surface area contributed by atoms with Crippen LogP contribution in [-0.4, -0.2) is 21.1 Å². The second kappa shape index (κ2) is 4.67. The van der Waals surface area contributed by atoms with Crippen molar-refractivity contribution in [3.63, 3.8) is 0 Å². The Morgan fingerprint density at radius 2 is 2.35 bits per heavy atom. The van der Waals surface area contributed by atoms with Crippen LogP contribution in [0.15, 0.2) is 18.2 Å². The molecule has 1 aliphatic rings. The van der Waals surface area contributed by atoms with Gasteiger partial charge in [-0.3, -0.25) is 0 Å². The lowest BCUT2D eigenvalue weighted by atomic mass is 10.2. The number of fused-ring (bicyclic) bond motifs is 1. The number of benzene rings is 1. The highest BCUT2D eigenvalue weighted by molar-refractivity contribution is 7.99. The zero-order valence-electron chi connectivity index (χ0n) is 9.28. The molecule has 1 aromatic heterocycles. The number of thioether (sulfide) groups is 1. The monoisotopic (exact) mass is 284 g/mol. The van der Waals surface area contributed by atoms with E-state index in [0.717, 1.165) is 26.6 Å². The molecule has 0 aliphatic carbocycles. The Morgan fingerprint density at radius 3 is 3.12 bits per heavy atom. The summed E-state index contributed by atoms with van der Waals surface area (Å²) < 4.78 is 3.05. The van der Waals surface area contributed by atoms with Crippen molar-refractivity contribution in [3.8, 4) is 0 Å². The smallest absolute Gasteiger partial charge is 0.178 e. The average Bonchev–Trinajstić information content (AvgIpc) is 2.65. The summed E-state index contributed by atoms with van der Waals surface area (Å²) >= 11 is 13.5. The van der Waals surface area contributed by atoms with Crippen molar-refractivity contribution < 1.29 is 0 Å². The third-order valence-electron chi connectivity index (χ3n) is 3.18. The number of H-pyrrole nitrogens is 1. The Morgan fingerprint density at radius 1 is 1.47 bits per heavy atom. The SMILES string of the molecule is S=c1[nH]c2ccc(Cl)cc2n1C1CCCSC1.